The van der Waals surface area contributed by atoms with E-state index in [1.165, 1.54) is 19.2 Å². The Hall–Kier alpha value is -2.70. The molecule has 6 nitrogen and oxygen atoms in total. The fourth-order valence-electron chi connectivity index (χ4n) is 3.37. The number of nitrogens with one attached hydrogen (secondary N) is 1. The number of aromatic nitrogens is 2. The van der Waals surface area contributed by atoms with E-state index in [0.29, 0.717) is 18.5 Å². The quantitative estimate of drug-likeness (QED) is 0.843. The molecule has 1 aliphatic carbocycles. The highest BCUT2D eigenvalue weighted by Gasteiger charge is 2.26. The van der Waals surface area contributed by atoms with Crippen molar-refractivity contribution in [1.82, 2.24) is 9.97 Å². The number of ether oxygens (including phenoxy) is 1. The third-order valence-electron chi connectivity index (χ3n) is 4.97. The Kier molecular flexibility index (Phi) is 5.88. The lowest BCUT2D eigenvalue weighted by Gasteiger charge is -2.25. The van der Waals surface area contributed by atoms with Crippen molar-refractivity contribution in [3.05, 3.63) is 41.5 Å². The molecule has 1 amide bonds. The Morgan fingerprint density at radius 1 is 1.37 bits per heavy atom. The number of fused-ring (bicyclic) bond motifs is 1. The van der Waals surface area contributed by atoms with Crippen molar-refractivity contribution in [1.29, 1.82) is 0 Å². The van der Waals surface area contributed by atoms with Crippen molar-refractivity contribution in [2.24, 2.45) is 5.92 Å². The van der Waals surface area contributed by atoms with Gasteiger partial charge in [0.05, 0.1) is 7.11 Å². The summed E-state index contributed by atoms with van der Waals surface area (Å²) in [5, 5.41) is 2.80. The van der Waals surface area contributed by atoms with E-state index in [-0.39, 0.29) is 17.6 Å². The number of hydrogen-bond donors (Lipinski definition) is 1. The van der Waals surface area contributed by atoms with Crippen molar-refractivity contribution in [3.63, 3.8) is 0 Å². The summed E-state index contributed by atoms with van der Waals surface area (Å²) in [6, 6.07) is 4.41. The average Bonchev–Trinajstić information content (AvgIpc) is 2.68. The van der Waals surface area contributed by atoms with Crippen LogP contribution in [0.5, 0.6) is 5.75 Å². The first-order valence-corrected chi connectivity index (χ1v) is 9.29. The molecule has 0 aliphatic heterocycles. The molecule has 0 unspecified atom stereocenters. The summed E-state index contributed by atoms with van der Waals surface area (Å²) in [4.78, 5) is 23.9. The number of carbonyl (C=O) groups excluding carboxylic acids is 1. The van der Waals surface area contributed by atoms with Crippen molar-refractivity contribution in [2.75, 3.05) is 30.4 Å². The first-order valence-electron chi connectivity index (χ1n) is 9.29. The van der Waals surface area contributed by atoms with Crippen LogP contribution in [0.25, 0.3) is 0 Å². The Morgan fingerprint density at radius 2 is 2.15 bits per heavy atom. The number of nitrogens with zero attached hydrogens (tertiary/aromatic N) is 3. The zero-order valence-electron chi connectivity index (χ0n) is 16.0. The van der Waals surface area contributed by atoms with Crippen LogP contribution in [0, 0.1) is 11.7 Å². The predicted molar refractivity (Wildman–Crippen MR) is 103 cm³/mol. The Balaban J connectivity index is 1.68. The van der Waals surface area contributed by atoms with Gasteiger partial charge in [-0.3, -0.25) is 4.79 Å². The standard InChI is InChI=1S/C20H25FN4O2/c1-4-25(5-2)20-22-12-14-10-13(6-8-17(14)24-20)19(26)23-15-7-9-18(27-3)16(21)11-15/h7,9,11-13H,4-6,8,10H2,1-3H3,(H,23,26)/t13-/m0/s1. The van der Waals surface area contributed by atoms with E-state index in [0.717, 1.165) is 36.7 Å². The maximum absolute atomic E-state index is 13.8. The van der Waals surface area contributed by atoms with Crippen LogP contribution in [0.1, 0.15) is 31.5 Å². The van der Waals surface area contributed by atoms with Gasteiger partial charge >= 0.3 is 0 Å². The maximum atomic E-state index is 13.8. The fourth-order valence-corrected chi connectivity index (χ4v) is 3.37. The van der Waals surface area contributed by atoms with Crippen LogP contribution in [0.3, 0.4) is 0 Å². The second-order valence-electron chi connectivity index (χ2n) is 6.59. The third kappa shape index (κ3) is 4.18. The molecule has 0 fully saturated rings. The van der Waals surface area contributed by atoms with Crippen molar-refractivity contribution in [3.8, 4) is 5.75 Å². The Labute approximate surface area is 158 Å². The van der Waals surface area contributed by atoms with E-state index in [9.17, 15) is 9.18 Å². The van der Waals surface area contributed by atoms with Crippen LogP contribution in [0.15, 0.2) is 24.4 Å². The average molecular weight is 372 g/mol. The molecule has 1 aromatic heterocycles. The van der Waals surface area contributed by atoms with E-state index in [4.69, 9.17) is 4.74 Å². The van der Waals surface area contributed by atoms with E-state index >= 15 is 0 Å². The molecule has 2 aromatic rings. The third-order valence-corrected chi connectivity index (χ3v) is 4.97. The van der Waals surface area contributed by atoms with Gasteiger partial charge in [-0.25, -0.2) is 14.4 Å². The lowest BCUT2D eigenvalue weighted by atomic mass is 9.86. The van der Waals surface area contributed by atoms with Gasteiger partial charge in [-0.15, -0.1) is 0 Å². The monoisotopic (exact) mass is 372 g/mol. The Morgan fingerprint density at radius 3 is 2.81 bits per heavy atom. The molecule has 0 bridgehead atoms. The molecule has 0 radical (unpaired) electrons. The summed E-state index contributed by atoms with van der Waals surface area (Å²) in [7, 11) is 1.41. The van der Waals surface area contributed by atoms with Crippen LogP contribution < -0.4 is 15.0 Å². The molecule has 1 aromatic carbocycles. The largest absolute Gasteiger partial charge is 0.494 e. The number of methoxy groups -OCH3 is 1. The van der Waals surface area contributed by atoms with Crippen LogP contribution in [0.2, 0.25) is 0 Å². The van der Waals surface area contributed by atoms with Crippen molar-refractivity contribution >= 4 is 17.5 Å². The molecule has 1 heterocycles. The summed E-state index contributed by atoms with van der Waals surface area (Å²) >= 11 is 0. The van der Waals surface area contributed by atoms with Gasteiger partial charge in [0.1, 0.15) is 0 Å². The Bertz CT molecular complexity index is 824. The number of rotatable bonds is 6. The summed E-state index contributed by atoms with van der Waals surface area (Å²) in [6.07, 6.45) is 3.88. The van der Waals surface area contributed by atoms with Crippen molar-refractivity contribution < 1.29 is 13.9 Å². The summed E-state index contributed by atoms with van der Waals surface area (Å²) in [5.41, 5.74) is 2.46. The zero-order chi connectivity index (χ0) is 19.4. The van der Waals surface area contributed by atoms with Gasteiger partial charge in [0.25, 0.3) is 0 Å². The van der Waals surface area contributed by atoms with Gasteiger partial charge in [0, 0.05) is 42.7 Å². The second-order valence-corrected chi connectivity index (χ2v) is 6.59. The normalized spacial score (nSPS) is 15.8. The summed E-state index contributed by atoms with van der Waals surface area (Å²) in [5.74, 6) is 0.112. The summed E-state index contributed by atoms with van der Waals surface area (Å²) in [6.45, 7) is 5.88. The fraction of sp³-hybridized carbons (Fsp3) is 0.450. The first-order chi connectivity index (χ1) is 13.0. The van der Waals surface area contributed by atoms with Gasteiger partial charge in [0.15, 0.2) is 11.6 Å². The molecule has 27 heavy (non-hydrogen) atoms. The highest BCUT2D eigenvalue weighted by Crippen LogP contribution is 2.27. The van der Waals surface area contributed by atoms with Crippen LogP contribution in [-0.2, 0) is 17.6 Å². The smallest absolute Gasteiger partial charge is 0.227 e. The first kappa shape index (κ1) is 19.1. The molecule has 1 atom stereocenters. The number of carbonyl (C=O) groups is 1. The molecular formula is C20H25FN4O2. The van der Waals surface area contributed by atoms with Crippen LogP contribution >= 0.6 is 0 Å². The van der Waals surface area contributed by atoms with Crippen LogP contribution in [-0.4, -0.2) is 36.1 Å². The SMILES string of the molecule is CCN(CC)c1ncc2c(n1)CC[C@H](C(=O)Nc1ccc(OC)c(F)c1)C2. The topological polar surface area (TPSA) is 67.4 Å². The highest BCUT2D eigenvalue weighted by atomic mass is 19.1. The molecule has 3 rings (SSSR count). The number of halogens is 1. The molecule has 144 valence electrons. The number of amides is 1. The van der Waals surface area contributed by atoms with Crippen LogP contribution in [0.4, 0.5) is 16.0 Å². The molecule has 1 N–H and O–H groups in total. The number of anilines is 2. The van der Waals surface area contributed by atoms with Gasteiger partial charge in [-0.05, 0) is 50.8 Å². The zero-order valence-corrected chi connectivity index (χ0v) is 16.0. The highest BCUT2D eigenvalue weighted by molar-refractivity contribution is 5.93. The van der Waals surface area contributed by atoms with Gasteiger partial charge in [-0.1, -0.05) is 0 Å². The number of aryl methyl sites for hydroxylation is 1. The minimum absolute atomic E-state index is 0.113. The molecule has 0 spiro atoms. The number of benzene rings is 1. The molecule has 1 aliphatic rings. The molecular weight excluding hydrogens is 347 g/mol. The van der Waals surface area contributed by atoms with E-state index in [1.807, 2.05) is 6.20 Å². The lowest BCUT2D eigenvalue weighted by Crippen LogP contribution is -2.30. The van der Waals surface area contributed by atoms with E-state index < -0.39 is 5.82 Å². The minimum atomic E-state index is -0.498. The molecule has 7 heteroatoms. The second kappa shape index (κ2) is 8.33. The maximum Gasteiger partial charge on any atom is 0.227 e. The van der Waals surface area contributed by atoms with E-state index in [1.54, 1.807) is 6.07 Å². The lowest BCUT2D eigenvalue weighted by molar-refractivity contribution is -0.120. The van der Waals surface area contributed by atoms with E-state index in [2.05, 4.69) is 34.0 Å². The molecule has 0 saturated heterocycles. The van der Waals surface area contributed by atoms with Crippen molar-refractivity contribution in [2.45, 2.75) is 33.1 Å². The number of hydrogen-bond acceptors (Lipinski definition) is 5. The predicted octanol–water partition coefficient (Wildman–Crippen LogP) is 3.21. The minimum Gasteiger partial charge on any atom is -0.494 e. The molecule has 0 saturated carbocycles. The van der Waals surface area contributed by atoms with Gasteiger partial charge < -0.3 is 15.0 Å². The summed E-state index contributed by atoms with van der Waals surface area (Å²) < 4.78 is 18.7. The van der Waals surface area contributed by atoms with Gasteiger partial charge in [-0.2, -0.15) is 0 Å². The van der Waals surface area contributed by atoms with Gasteiger partial charge in [0.2, 0.25) is 11.9 Å².